The minimum atomic E-state index is 0.564. The van der Waals surface area contributed by atoms with Gasteiger partial charge >= 0.3 is 0 Å². The van der Waals surface area contributed by atoms with Crippen LogP contribution < -0.4 is 5.73 Å². The highest BCUT2D eigenvalue weighted by Crippen LogP contribution is 2.29. The van der Waals surface area contributed by atoms with Gasteiger partial charge in [0.15, 0.2) is 5.16 Å². The maximum atomic E-state index is 5.58. The second-order valence-corrected chi connectivity index (χ2v) is 4.71. The van der Waals surface area contributed by atoms with Gasteiger partial charge in [0.1, 0.15) is 5.82 Å². The number of hydrogen-bond acceptors (Lipinski definition) is 4. The molecule has 3 nitrogen and oxygen atoms in total. The lowest BCUT2D eigenvalue weighted by atomic mass is 10.1. The minimum absolute atomic E-state index is 0.564. The van der Waals surface area contributed by atoms with Gasteiger partial charge in [-0.15, -0.1) is 0 Å². The molecule has 1 fully saturated rings. The normalized spacial score (nSPS) is 17.4. The number of hydrogen-bond donors (Lipinski definition) is 1. The third-order valence-electron chi connectivity index (χ3n) is 2.58. The van der Waals surface area contributed by atoms with Gasteiger partial charge in [-0.25, -0.2) is 9.97 Å². The van der Waals surface area contributed by atoms with Crippen molar-refractivity contribution >= 4 is 17.6 Å². The van der Waals surface area contributed by atoms with Crippen molar-refractivity contribution < 1.29 is 0 Å². The fraction of sp³-hybridized carbons (Fsp3) is 0.600. The molecular formula is C10H15N3S. The van der Waals surface area contributed by atoms with Crippen molar-refractivity contribution in [3.05, 3.63) is 12.3 Å². The number of nitrogens with two attached hydrogens (primary N) is 1. The molecule has 0 spiro atoms. The van der Waals surface area contributed by atoms with Crippen molar-refractivity contribution in [3.8, 4) is 0 Å². The van der Waals surface area contributed by atoms with Crippen molar-refractivity contribution in [1.29, 1.82) is 0 Å². The second kappa shape index (κ2) is 4.64. The van der Waals surface area contributed by atoms with Crippen LogP contribution >= 0.6 is 11.8 Å². The molecule has 1 aromatic rings. The Hall–Kier alpha value is -0.770. The lowest BCUT2D eigenvalue weighted by molar-refractivity contribution is 0.622. The van der Waals surface area contributed by atoms with E-state index < -0.39 is 0 Å². The molecule has 2 rings (SSSR count). The van der Waals surface area contributed by atoms with Gasteiger partial charge in [0.25, 0.3) is 0 Å². The molecule has 0 atom stereocenters. The Balaban J connectivity index is 1.85. The Morgan fingerprint density at radius 3 is 2.93 bits per heavy atom. The third kappa shape index (κ3) is 2.61. The van der Waals surface area contributed by atoms with E-state index in [1.54, 1.807) is 24.0 Å². The third-order valence-corrected chi connectivity index (χ3v) is 3.67. The average Bonchev–Trinajstić information content (AvgIpc) is 2.67. The summed E-state index contributed by atoms with van der Waals surface area (Å²) in [5.41, 5.74) is 5.58. The molecule has 0 aliphatic heterocycles. The zero-order chi connectivity index (χ0) is 9.80. The summed E-state index contributed by atoms with van der Waals surface area (Å²) < 4.78 is 0. The van der Waals surface area contributed by atoms with Gasteiger partial charge in [0, 0.05) is 11.9 Å². The SMILES string of the molecule is Nc1ccnc(SCC2CCCC2)n1. The summed E-state index contributed by atoms with van der Waals surface area (Å²) in [5, 5.41) is 0.817. The summed E-state index contributed by atoms with van der Waals surface area (Å²) in [6.07, 6.45) is 7.25. The second-order valence-electron chi connectivity index (χ2n) is 3.73. The van der Waals surface area contributed by atoms with E-state index in [0.717, 1.165) is 16.8 Å². The molecule has 0 amide bonds. The smallest absolute Gasteiger partial charge is 0.189 e. The molecule has 1 aliphatic rings. The minimum Gasteiger partial charge on any atom is -0.384 e. The van der Waals surface area contributed by atoms with E-state index in [4.69, 9.17) is 5.73 Å². The van der Waals surface area contributed by atoms with Gasteiger partial charge < -0.3 is 5.73 Å². The number of rotatable bonds is 3. The maximum absolute atomic E-state index is 5.58. The molecule has 1 saturated carbocycles. The van der Waals surface area contributed by atoms with Crippen LogP contribution in [0.1, 0.15) is 25.7 Å². The number of nitrogen functional groups attached to an aromatic ring is 1. The van der Waals surface area contributed by atoms with Crippen molar-refractivity contribution in [2.24, 2.45) is 5.92 Å². The molecule has 76 valence electrons. The first-order valence-electron chi connectivity index (χ1n) is 5.06. The largest absolute Gasteiger partial charge is 0.384 e. The molecule has 1 aromatic heterocycles. The number of nitrogens with zero attached hydrogens (tertiary/aromatic N) is 2. The predicted molar refractivity (Wildman–Crippen MR) is 59.1 cm³/mol. The number of anilines is 1. The van der Waals surface area contributed by atoms with Gasteiger partial charge in [-0.3, -0.25) is 0 Å². The van der Waals surface area contributed by atoms with E-state index in [2.05, 4.69) is 9.97 Å². The van der Waals surface area contributed by atoms with Crippen molar-refractivity contribution in [2.45, 2.75) is 30.8 Å². The van der Waals surface area contributed by atoms with Crippen molar-refractivity contribution in [2.75, 3.05) is 11.5 Å². The number of aromatic nitrogens is 2. The first-order chi connectivity index (χ1) is 6.84. The van der Waals surface area contributed by atoms with Crippen LogP contribution in [0, 0.1) is 5.92 Å². The Kier molecular flexibility index (Phi) is 3.24. The summed E-state index contributed by atoms with van der Waals surface area (Å²) >= 11 is 1.73. The van der Waals surface area contributed by atoms with E-state index in [1.165, 1.54) is 25.7 Å². The molecule has 0 radical (unpaired) electrons. The standard InChI is InChI=1S/C10H15N3S/c11-9-5-6-12-10(13-9)14-7-8-3-1-2-4-8/h5-6,8H,1-4,7H2,(H2,11,12,13). The van der Waals surface area contributed by atoms with Crippen LogP contribution in [0.2, 0.25) is 0 Å². The molecule has 0 bridgehead atoms. The maximum Gasteiger partial charge on any atom is 0.189 e. The van der Waals surface area contributed by atoms with E-state index >= 15 is 0 Å². The van der Waals surface area contributed by atoms with E-state index in [1.807, 2.05) is 0 Å². The van der Waals surface area contributed by atoms with Gasteiger partial charge in [-0.2, -0.15) is 0 Å². The lowest BCUT2D eigenvalue weighted by Gasteiger charge is -2.06. The van der Waals surface area contributed by atoms with Crippen molar-refractivity contribution in [3.63, 3.8) is 0 Å². The highest BCUT2D eigenvalue weighted by molar-refractivity contribution is 7.99. The van der Waals surface area contributed by atoms with Gasteiger partial charge in [-0.05, 0) is 24.8 Å². The Labute approximate surface area is 88.5 Å². The molecule has 1 aliphatic carbocycles. The summed E-state index contributed by atoms with van der Waals surface area (Å²) in [6.45, 7) is 0. The molecule has 14 heavy (non-hydrogen) atoms. The van der Waals surface area contributed by atoms with Crippen LogP contribution in [0.25, 0.3) is 0 Å². The summed E-state index contributed by atoms with van der Waals surface area (Å²) in [6, 6.07) is 1.72. The zero-order valence-electron chi connectivity index (χ0n) is 8.15. The molecule has 4 heteroatoms. The fourth-order valence-electron chi connectivity index (χ4n) is 1.79. The summed E-state index contributed by atoms with van der Waals surface area (Å²) in [7, 11) is 0. The molecule has 2 N–H and O–H groups in total. The van der Waals surface area contributed by atoms with Gasteiger partial charge in [-0.1, -0.05) is 24.6 Å². The van der Waals surface area contributed by atoms with E-state index in [0.29, 0.717) is 5.82 Å². The quantitative estimate of drug-likeness (QED) is 0.613. The highest BCUT2D eigenvalue weighted by atomic mass is 32.2. The lowest BCUT2D eigenvalue weighted by Crippen LogP contribution is -1.99. The predicted octanol–water partition coefficient (Wildman–Crippen LogP) is 2.34. The van der Waals surface area contributed by atoms with Crippen LogP contribution in [0.15, 0.2) is 17.4 Å². The Morgan fingerprint density at radius 1 is 1.43 bits per heavy atom. The van der Waals surface area contributed by atoms with E-state index in [-0.39, 0.29) is 0 Å². The topological polar surface area (TPSA) is 51.8 Å². The monoisotopic (exact) mass is 209 g/mol. The van der Waals surface area contributed by atoms with Gasteiger partial charge in [0.05, 0.1) is 0 Å². The van der Waals surface area contributed by atoms with Gasteiger partial charge in [0.2, 0.25) is 0 Å². The molecule has 0 aromatic carbocycles. The molecule has 1 heterocycles. The van der Waals surface area contributed by atoms with Crippen LogP contribution in [0.5, 0.6) is 0 Å². The average molecular weight is 209 g/mol. The van der Waals surface area contributed by atoms with Crippen LogP contribution in [0.3, 0.4) is 0 Å². The Bertz CT molecular complexity index is 297. The highest BCUT2D eigenvalue weighted by Gasteiger charge is 2.15. The van der Waals surface area contributed by atoms with Crippen molar-refractivity contribution in [1.82, 2.24) is 9.97 Å². The molecule has 0 saturated heterocycles. The summed E-state index contributed by atoms with van der Waals surface area (Å²) in [4.78, 5) is 8.34. The van der Waals surface area contributed by atoms with Crippen LogP contribution in [-0.4, -0.2) is 15.7 Å². The first-order valence-corrected chi connectivity index (χ1v) is 6.04. The Morgan fingerprint density at radius 2 is 2.21 bits per heavy atom. The first kappa shape index (κ1) is 9.77. The molecule has 0 unspecified atom stereocenters. The molecular weight excluding hydrogens is 194 g/mol. The van der Waals surface area contributed by atoms with Crippen LogP contribution in [0.4, 0.5) is 5.82 Å². The zero-order valence-corrected chi connectivity index (χ0v) is 8.96. The number of thioether (sulfide) groups is 1. The van der Waals surface area contributed by atoms with E-state index in [9.17, 15) is 0 Å². The fourth-order valence-corrected chi connectivity index (χ4v) is 2.82. The van der Waals surface area contributed by atoms with Crippen LogP contribution in [-0.2, 0) is 0 Å². The summed E-state index contributed by atoms with van der Waals surface area (Å²) in [5.74, 6) is 2.57.